The number of para-hydroxylation sites is 1. The van der Waals surface area contributed by atoms with E-state index >= 15 is 0 Å². The Balaban J connectivity index is 2.06. The van der Waals surface area contributed by atoms with E-state index in [1.54, 1.807) is 13.0 Å². The maximum absolute atomic E-state index is 12.0. The fraction of sp³-hybridized carbons (Fsp3) is 0.158. The van der Waals surface area contributed by atoms with Crippen molar-refractivity contribution < 1.29 is 13.9 Å². The van der Waals surface area contributed by atoms with Gasteiger partial charge in [-0.05, 0) is 25.1 Å². The minimum Gasteiger partial charge on any atom is -0.465 e. The molecule has 0 N–H and O–H groups in total. The summed E-state index contributed by atoms with van der Waals surface area (Å²) in [5.74, 6) is -0.297. The van der Waals surface area contributed by atoms with Crippen molar-refractivity contribution in [3.63, 3.8) is 0 Å². The summed E-state index contributed by atoms with van der Waals surface area (Å²) in [6.07, 6.45) is 0. The van der Waals surface area contributed by atoms with Gasteiger partial charge in [-0.25, -0.2) is 4.79 Å². The van der Waals surface area contributed by atoms with Gasteiger partial charge in [0.15, 0.2) is 0 Å². The number of ether oxygens (including phenoxy) is 1. The zero-order chi connectivity index (χ0) is 16.7. The van der Waals surface area contributed by atoms with Crippen LogP contribution in [0.4, 0.5) is 0 Å². The van der Waals surface area contributed by atoms with Crippen molar-refractivity contribution in [3.8, 4) is 0 Å². The third-order valence-corrected chi connectivity index (χ3v) is 4.11. The molecule has 120 valence electrons. The second kappa shape index (κ2) is 5.53. The highest BCUT2D eigenvalue weighted by Gasteiger charge is 2.15. The fourth-order valence-corrected chi connectivity index (χ4v) is 3.12. The number of benzene rings is 2. The number of aromatic nitrogens is 1. The zero-order valence-corrected chi connectivity index (χ0v) is 13.1. The Labute approximate surface area is 137 Å². The molecule has 4 aromatic rings. The Kier molecular flexibility index (Phi) is 3.34. The number of carbonyl (C=O) groups excluding carboxylic acids is 1. The van der Waals surface area contributed by atoms with Gasteiger partial charge in [-0.1, -0.05) is 18.2 Å². The van der Waals surface area contributed by atoms with E-state index < -0.39 is 5.63 Å². The van der Waals surface area contributed by atoms with E-state index in [0.717, 1.165) is 27.2 Å². The van der Waals surface area contributed by atoms with Crippen LogP contribution in [0.25, 0.3) is 32.8 Å². The molecule has 24 heavy (non-hydrogen) atoms. The van der Waals surface area contributed by atoms with Crippen LogP contribution in [-0.4, -0.2) is 17.1 Å². The predicted molar refractivity (Wildman–Crippen MR) is 92.1 cm³/mol. The lowest BCUT2D eigenvalue weighted by molar-refractivity contribution is -0.143. The molecule has 2 aromatic carbocycles. The van der Waals surface area contributed by atoms with Gasteiger partial charge in [0.05, 0.1) is 12.1 Å². The highest BCUT2D eigenvalue weighted by molar-refractivity contribution is 6.12. The molecular weight excluding hydrogens is 306 g/mol. The van der Waals surface area contributed by atoms with Gasteiger partial charge in [-0.15, -0.1) is 0 Å². The fourth-order valence-electron chi connectivity index (χ4n) is 3.12. The van der Waals surface area contributed by atoms with Crippen molar-refractivity contribution in [2.75, 3.05) is 6.61 Å². The summed E-state index contributed by atoms with van der Waals surface area (Å²) in [5, 5.41) is 2.90. The SMILES string of the molecule is CCOC(=O)Cn1c2ccccc2c2cc3ccc(=O)oc3cc21. The molecule has 2 heterocycles. The van der Waals surface area contributed by atoms with Crippen LogP contribution in [-0.2, 0) is 16.1 Å². The van der Waals surface area contributed by atoms with Crippen LogP contribution >= 0.6 is 0 Å². The van der Waals surface area contributed by atoms with Crippen LogP contribution in [0.5, 0.6) is 0 Å². The molecule has 0 amide bonds. The Morgan fingerprint density at radius 3 is 2.75 bits per heavy atom. The highest BCUT2D eigenvalue weighted by atomic mass is 16.5. The first-order chi connectivity index (χ1) is 11.7. The Morgan fingerprint density at radius 2 is 1.92 bits per heavy atom. The number of fused-ring (bicyclic) bond motifs is 4. The molecule has 0 aliphatic rings. The number of nitrogens with zero attached hydrogens (tertiary/aromatic N) is 1. The van der Waals surface area contributed by atoms with Gasteiger partial charge < -0.3 is 13.7 Å². The molecular formula is C19H15NO4. The van der Waals surface area contributed by atoms with Crippen LogP contribution < -0.4 is 5.63 Å². The molecule has 0 saturated heterocycles. The van der Waals surface area contributed by atoms with Crippen molar-refractivity contribution in [1.29, 1.82) is 0 Å². The normalized spacial score (nSPS) is 11.4. The van der Waals surface area contributed by atoms with E-state index in [0.29, 0.717) is 12.2 Å². The predicted octanol–water partition coefficient (Wildman–Crippen LogP) is 3.46. The topological polar surface area (TPSA) is 61.4 Å². The van der Waals surface area contributed by atoms with Crippen LogP contribution in [0.3, 0.4) is 0 Å². The quantitative estimate of drug-likeness (QED) is 0.428. The molecule has 4 rings (SSSR count). The van der Waals surface area contributed by atoms with Gasteiger partial charge in [0, 0.05) is 33.8 Å². The van der Waals surface area contributed by atoms with E-state index in [9.17, 15) is 9.59 Å². The lowest BCUT2D eigenvalue weighted by Crippen LogP contribution is -2.13. The Hall–Kier alpha value is -3.08. The third-order valence-electron chi connectivity index (χ3n) is 4.11. The summed E-state index contributed by atoms with van der Waals surface area (Å²) in [5.41, 5.74) is 1.89. The number of carbonyl (C=O) groups is 1. The third kappa shape index (κ3) is 2.25. The van der Waals surface area contributed by atoms with Gasteiger partial charge in [-0.3, -0.25) is 4.79 Å². The minimum absolute atomic E-state index is 0.112. The average Bonchev–Trinajstić information content (AvgIpc) is 2.87. The smallest absolute Gasteiger partial charge is 0.336 e. The molecule has 0 atom stereocenters. The Bertz CT molecular complexity index is 1140. The van der Waals surface area contributed by atoms with Crippen molar-refractivity contribution in [2.45, 2.75) is 13.5 Å². The summed E-state index contributed by atoms with van der Waals surface area (Å²) in [7, 11) is 0. The molecule has 0 fully saturated rings. The lowest BCUT2D eigenvalue weighted by Gasteiger charge is -2.07. The molecule has 0 aliphatic heterocycles. The Morgan fingerprint density at radius 1 is 1.08 bits per heavy atom. The molecule has 0 spiro atoms. The van der Waals surface area contributed by atoms with Gasteiger partial charge in [0.25, 0.3) is 0 Å². The molecule has 0 radical (unpaired) electrons. The first kappa shape index (κ1) is 14.5. The summed E-state index contributed by atoms with van der Waals surface area (Å²) in [4.78, 5) is 23.5. The second-order valence-corrected chi connectivity index (χ2v) is 5.57. The van der Waals surface area contributed by atoms with E-state index in [-0.39, 0.29) is 12.5 Å². The molecule has 0 bridgehead atoms. The number of rotatable bonds is 3. The van der Waals surface area contributed by atoms with E-state index in [1.807, 2.05) is 41.0 Å². The zero-order valence-electron chi connectivity index (χ0n) is 13.1. The van der Waals surface area contributed by atoms with Crippen molar-refractivity contribution in [3.05, 3.63) is 59.0 Å². The van der Waals surface area contributed by atoms with Gasteiger partial charge in [-0.2, -0.15) is 0 Å². The van der Waals surface area contributed by atoms with Gasteiger partial charge in [0.2, 0.25) is 0 Å². The van der Waals surface area contributed by atoms with Crippen LogP contribution in [0.1, 0.15) is 6.92 Å². The van der Waals surface area contributed by atoms with Crippen LogP contribution in [0.2, 0.25) is 0 Å². The monoisotopic (exact) mass is 321 g/mol. The summed E-state index contributed by atoms with van der Waals surface area (Å²) < 4.78 is 12.3. The second-order valence-electron chi connectivity index (χ2n) is 5.57. The summed E-state index contributed by atoms with van der Waals surface area (Å²) >= 11 is 0. The molecule has 0 unspecified atom stereocenters. The standard InChI is InChI=1S/C19H15NO4/c1-2-23-19(22)11-20-15-6-4-3-5-13(15)14-9-12-7-8-18(21)24-17(12)10-16(14)20/h3-10H,2,11H2,1H3. The lowest BCUT2D eigenvalue weighted by atomic mass is 10.1. The first-order valence-electron chi connectivity index (χ1n) is 7.78. The largest absolute Gasteiger partial charge is 0.465 e. The molecule has 0 saturated carbocycles. The minimum atomic E-state index is -0.394. The van der Waals surface area contributed by atoms with Crippen molar-refractivity contribution in [2.24, 2.45) is 0 Å². The first-order valence-corrected chi connectivity index (χ1v) is 7.78. The van der Waals surface area contributed by atoms with E-state index in [2.05, 4.69) is 0 Å². The number of esters is 1. The maximum atomic E-state index is 12.0. The molecule has 0 aliphatic carbocycles. The number of hydrogen-bond acceptors (Lipinski definition) is 4. The summed E-state index contributed by atoms with van der Waals surface area (Å²) in [6.45, 7) is 2.24. The average molecular weight is 321 g/mol. The van der Waals surface area contributed by atoms with Crippen molar-refractivity contribution >= 4 is 38.7 Å². The maximum Gasteiger partial charge on any atom is 0.336 e. The number of hydrogen-bond donors (Lipinski definition) is 0. The van der Waals surface area contributed by atoms with E-state index in [4.69, 9.17) is 9.15 Å². The molecule has 5 nitrogen and oxygen atoms in total. The van der Waals surface area contributed by atoms with Gasteiger partial charge >= 0.3 is 11.6 Å². The van der Waals surface area contributed by atoms with Gasteiger partial charge in [0.1, 0.15) is 12.1 Å². The highest BCUT2D eigenvalue weighted by Crippen LogP contribution is 2.32. The van der Waals surface area contributed by atoms with Crippen molar-refractivity contribution in [1.82, 2.24) is 4.57 Å². The van der Waals surface area contributed by atoms with Crippen LogP contribution in [0, 0.1) is 0 Å². The van der Waals surface area contributed by atoms with E-state index in [1.165, 1.54) is 6.07 Å². The van der Waals surface area contributed by atoms with Crippen LogP contribution in [0.15, 0.2) is 57.7 Å². The molecule has 2 aromatic heterocycles. The molecule has 5 heteroatoms. The summed E-state index contributed by atoms with van der Waals surface area (Å²) in [6, 6.07) is 14.8.